The van der Waals surface area contributed by atoms with E-state index in [0.717, 1.165) is 19.3 Å². The van der Waals surface area contributed by atoms with E-state index in [4.69, 9.17) is 0 Å². The second-order valence-corrected chi connectivity index (χ2v) is 15.7. The third-order valence-electron chi connectivity index (χ3n) is 12.4. The molecule has 2 atom stereocenters. The van der Waals surface area contributed by atoms with Gasteiger partial charge in [0, 0.05) is 27.1 Å². The second-order valence-electron chi connectivity index (χ2n) is 15.7. The number of hydrogen-bond donors (Lipinski definition) is 0. The number of hydrogen-bond acceptors (Lipinski definition) is 0. The highest BCUT2D eigenvalue weighted by molar-refractivity contribution is 6.11. The van der Waals surface area contributed by atoms with Gasteiger partial charge in [-0.15, -0.1) is 0 Å². The van der Waals surface area contributed by atoms with Gasteiger partial charge in [-0.3, -0.25) is 0 Å². The normalized spacial score (nSPS) is 19.4. The first-order valence-corrected chi connectivity index (χ1v) is 17.9. The zero-order valence-corrected chi connectivity index (χ0v) is 29.2. The molecule has 5 aromatic carbocycles. The molecular formula is C47H45N. The van der Waals surface area contributed by atoms with Crippen molar-refractivity contribution in [2.24, 2.45) is 0 Å². The van der Waals surface area contributed by atoms with Crippen LogP contribution in [0.15, 0.2) is 121 Å². The van der Waals surface area contributed by atoms with E-state index < -0.39 is 0 Å². The number of para-hydroxylation sites is 1. The molecule has 6 aromatic rings. The van der Waals surface area contributed by atoms with Crippen LogP contribution in [0.5, 0.6) is 0 Å². The summed E-state index contributed by atoms with van der Waals surface area (Å²) in [5.41, 5.74) is 18.3. The largest absolute Gasteiger partial charge is 0.333 e. The molecule has 1 nitrogen and oxygen atoms in total. The smallest absolute Gasteiger partial charge is 0.0598 e. The summed E-state index contributed by atoms with van der Waals surface area (Å²) in [6.45, 7) is 14.3. The number of nitrogens with zero attached hydrogens (tertiary/aromatic N) is 1. The van der Waals surface area contributed by atoms with Crippen LogP contribution in [-0.4, -0.2) is 4.57 Å². The minimum Gasteiger partial charge on any atom is -0.333 e. The Morgan fingerprint density at radius 1 is 0.771 bits per heavy atom. The average molecular weight is 624 g/mol. The molecule has 0 fully saturated rings. The van der Waals surface area contributed by atoms with E-state index in [1.807, 2.05) is 0 Å². The minimum atomic E-state index is -0.0818. The molecule has 3 aliphatic rings. The van der Waals surface area contributed by atoms with Crippen molar-refractivity contribution < 1.29 is 0 Å². The topological polar surface area (TPSA) is 4.93 Å². The molecule has 0 N–H and O–H groups in total. The van der Waals surface area contributed by atoms with Crippen LogP contribution in [-0.2, 0) is 17.3 Å². The van der Waals surface area contributed by atoms with E-state index in [2.05, 4.69) is 161 Å². The van der Waals surface area contributed by atoms with E-state index in [0.29, 0.717) is 12.0 Å². The maximum absolute atomic E-state index is 2.65. The van der Waals surface area contributed by atoms with Gasteiger partial charge in [-0.05, 0) is 112 Å². The van der Waals surface area contributed by atoms with E-state index in [1.54, 1.807) is 0 Å². The predicted octanol–water partition coefficient (Wildman–Crippen LogP) is 12.5. The molecule has 1 aliphatic heterocycles. The van der Waals surface area contributed by atoms with Crippen molar-refractivity contribution in [3.63, 3.8) is 0 Å². The van der Waals surface area contributed by atoms with Gasteiger partial charge < -0.3 is 4.57 Å². The predicted molar refractivity (Wildman–Crippen MR) is 204 cm³/mol. The lowest BCUT2D eigenvalue weighted by Gasteiger charge is -2.41. The van der Waals surface area contributed by atoms with Crippen LogP contribution < -0.4 is 0 Å². The Balaban J connectivity index is 1.21. The van der Waals surface area contributed by atoms with Crippen molar-refractivity contribution in [3.8, 4) is 22.3 Å². The van der Waals surface area contributed by atoms with Gasteiger partial charge in [0.05, 0.1) is 11.6 Å². The highest BCUT2D eigenvalue weighted by atomic mass is 15.0. The fourth-order valence-corrected chi connectivity index (χ4v) is 9.78. The van der Waals surface area contributed by atoms with Gasteiger partial charge in [-0.25, -0.2) is 0 Å². The number of fused-ring (bicyclic) bond motifs is 8. The van der Waals surface area contributed by atoms with Gasteiger partial charge in [0.2, 0.25) is 0 Å². The average Bonchev–Trinajstić information content (AvgIpc) is 3.36. The quantitative estimate of drug-likeness (QED) is 0.185. The Morgan fingerprint density at radius 2 is 1.54 bits per heavy atom. The highest BCUT2D eigenvalue weighted by Crippen LogP contribution is 2.52. The molecule has 9 rings (SSSR count). The highest BCUT2D eigenvalue weighted by Gasteiger charge is 2.40. The van der Waals surface area contributed by atoms with Gasteiger partial charge in [-0.1, -0.05) is 132 Å². The Morgan fingerprint density at radius 3 is 2.40 bits per heavy atom. The van der Waals surface area contributed by atoms with Crippen LogP contribution in [0.25, 0.3) is 44.1 Å². The van der Waals surface area contributed by atoms with E-state index in [9.17, 15) is 0 Å². The lowest BCUT2D eigenvalue weighted by atomic mass is 9.70. The number of benzene rings is 5. The standard InChI is InChI=1S/C47H45N/c1-29-21-24-35-34(14-11-18-40(35)46(3,4)39-16-8-7-13-30(39)2)37-27-31(22-25-33(29)37)32-23-26-43-38(28-32)36-15-12-19-42-45(36)48(43)44-20-10-9-17-41(44)47(42,5)6/h7-19,22-23,25-29,44H,20-21,24H2,1-6H3. The molecule has 1 heteroatoms. The zero-order chi connectivity index (χ0) is 32.9. The van der Waals surface area contributed by atoms with Crippen LogP contribution in [0.3, 0.4) is 0 Å². The van der Waals surface area contributed by atoms with Gasteiger partial charge >= 0.3 is 0 Å². The molecule has 0 amide bonds. The molecule has 0 bridgehead atoms. The molecule has 1 aromatic heterocycles. The summed E-state index contributed by atoms with van der Waals surface area (Å²) in [4.78, 5) is 0. The first-order valence-electron chi connectivity index (χ1n) is 17.9. The van der Waals surface area contributed by atoms with E-state index in [1.165, 1.54) is 83.0 Å². The third kappa shape index (κ3) is 4.09. The Kier molecular flexibility index (Phi) is 6.42. The third-order valence-corrected chi connectivity index (χ3v) is 12.4. The summed E-state index contributed by atoms with van der Waals surface area (Å²) in [6.07, 6.45) is 10.3. The summed E-state index contributed by atoms with van der Waals surface area (Å²) < 4.78 is 2.65. The lowest BCUT2D eigenvalue weighted by molar-refractivity contribution is 0.469. The molecule has 2 aliphatic carbocycles. The minimum absolute atomic E-state index is 0.00978. The van der Waals surface area contributed by atoms with Crippen LogP contribution in [0.2, 0.25) is 0 Å². The summed E-state index contributed by atoms with van der Waals surface area (Å²) in [5.74, 6) is 0.506. The summed E-state index contributed by atoms with van der Waals surface area (Å²) in [5, 5.41) is 2.74. The molecule has 0 radical (unpaired) electrons. The summed E-state index contributed by atoms with van der Waals surface area (Å²) in [7, 11) is 0. The lowest BCUT2D eigenvalue weighted by Crippen LogP contribution is -2.33. The van der Waals surface area contributed by atoms with Crippen LogP contribution in [0, 0.1) is 6.92 Å². The zero-order valence-electron chi connectivity index (χ0n) is 29.2. The van der Waals surface area contributed by atoms with Crippen molar-refractivity contribution in [2.75, 3.05) is 0 Å². The fraction of sp³-hybridized carbons (Fsp3) is 0.277. The SMILES string of the molecule is Cc1ccccc1C(C)(C)c1cccc2c1CCC(C)c1ccc(-c3ccc4c(c3)c3cccc5c3n4C3CC=CC=C3C5(C)C)cc1-2. The molecule has 0 saturated carbocycles. The first kappa shape index (κ1) is 29.5. The monoisotopic (exact) mass is 623 g/mol. The maximum Gasteiger partial charge on any atom is 0.0598 e. The van der Waals surface area contributed by atoms with Crippen LogP contribution in [0.4, 0.5) is 0 Å². The number of allylic oxidation sites excluding steroid dienone is 4. The van der Waals surface area contributed by atoms with Gasteiger partial charge in [0.1, 0.15) is 0 Å². The molecule has 48 heavy (non-hydrogen) atoms. The van der Waals surface area contributed by atoms with Crippen molar-refractivity contribution in [1.29, 1.82) is 0 Å². The van der Waals surface area contributed by atoms with Crippen molar-refractivity contribution in [2.45, 2.75) is 83.6 Å². The first-order chi connectivity index (χ1) is 23.2. The van der Waals surface area contributed by atoms with Crippen molar-refractivity contribution in [1.82, 2.24) is 4.57 Å². The van der Waals surface area contributed by atoms with Gasteiger partial charge in [0.25, 0.3) is 0 Å². The Bertz CT molecular complexity index is 2350. The molecular weight excluding hydrogens is 579 g/mol. The Hall–Kier alpha value is -4.62. The Labute approximate surface area is 285 Å². The maximum atomic E-state index is 2.65. The van der Waals surface area contributed by atoms with Gasteiger partial charge in [-0.2, -0.15) is 0 Å². The van der Waals surface area contributed by atoms with E-state index >= 15 is 0 Å². The number of aryl methyl sites for hydroxylation is 1. The molecule has 2 unspecified atom stereocenters. The summed E-state index contributed by atoms with van der Waals surface area (Å²) >= 11 is 0. The number of aromatic nitrogens is 1. The van der Waals surface area contributed by atoms with Gasteiger partial charge in [0.15, 0.2) is 0 Å². The second kappa shape index (κ2) is 10.4. The number of rotatable bonds is 3. The summed E-state index contributed by atoms with van der Waals surface area (Å²) in [6, 6.07) is 37.9. The van der Waals surface area contributed by atoms with Crippen LogP contribution in [0.1, 0.15) is 92.8 Å². The molecule has 0 spiro atoms. The van der Waals surface area contributed by atoms with Crippen molar-refractivity contribution >= 4 is 21.8 Å². The van der Waals surface area contributed by atoms with Crippen LogP contribution >= 0.6 is 0 Å². The van der Waals surface area contributed by atoms with E-state index in [-0.39, 0.29) is 10.8 Å². The molecule has 2 heterocycles. The van der Waals surface area contributed by atoms with Crippen molar-refractivity contribution in [3.05, 3.63) is 154 Å². The molecule has 238 valence electrons. The molecule has 0 saturated heterocycles. The fourth-order valence-electron chi connectivity index (χ4n) is 9.78.